The summed E-state index contributed by atoms with van der Waals surface area (Å²) < 4.78 is 0. The molecule has 0 aliphatic rings. The molecule has 0 heterocycles. The fraction of sp³-hybridized carbons (Fsp3) is 0.222. The molecule has 0 radical (unpaired) electrons. The number of rotatable bonds is 6. The molecule has 0 saturated heterocycles. The Kier molecular flexibility index (Phi) is 5.71. The zero-order valence-electron chi connectivity index (χ0n) is 12.3. The van der Waals surface area contributed by atoms with Gasteiger partial charge in [0.2, 0.25) is 5.91 Å². The van der Waals surface area contributed by atoms with E-state index >= 15 is 0 Å². The van der Waals surface area contributed by atoms with Gasteiger partial charge in [0.25, 0.3) is 0 Å². The highest BCUT2D eigenvalue weighted by atomic mass is 16.2. The molecule has 0 aromatic heterocycles. The van der Waals surface area contributed by atoms with Crippen LogP contribution >= 0.6 is 0 Å². The quantitative estimate of drug-likeness (QED) is 0.640. The molecule has 0 bridgehead atoms. The first-order valence-electron chi connectivity index (χ1n) is 7.14. The molecule has 0 aliphatic heterocycles. The second-order valence-corrected chi connectivity index (χ2v) is 5.03. The Morgan fingerprint density at radius 1 is 0.952 bits per heavy atom. The first-order valence-corrected chi connectivity index (χ1v) is 7.14. The fourth-order valence-corrected chi connectivity index (χ4v) is 2.00. The fourth-order valence-electron chi connectivity index (χ4n) is 2.00. The highest BCUT2D eigenvalue weighted by Crippen LogP contribution is 2.03. The van der Waals surface area contributed by atoms with Crippen LogP contribution in [0.1, 0.15) is 24.5 Å². The minimum absolute atomic E-state index is 0.0831. The third-order valence-corrected chi connectivity index (χ3v) is 3.20. The van der Waals surface area contributed by atoms with Gasteiger partial charge in [-0.2, -0.15) is 5.10 Å². The van der Waals surface area contributed by atoms with Gasteiger partial charge in [-0.05, 0) is 30.9 Å². The maximum atomic E-state index is 11.8. The number of amides is 1. The zero-order chi connectivity index (χ0) is 14.9. The molecule has 0 fully saturated rings. The van der Waals surface area contributed by atoms with Crippen LogP contribution in [0.15, 0.2) is 65.8 Å². The summed E-state index contributed by atoms with van der Waals surface area (Å²) in [5.74, 6) is -0.0831. The lowest BCUT2D eigenvalue weighted by Crippen LogP contribution is -2.21. The Balaban J connectivity index is 1.76. The molecule has 0 atom stereocenters. The predicted molar refractivity (Wildman–Crippen MR) is 86.2 cm³/mol. The van der Waals surface area contributed by atoms with Crippen LogP contribution in [-0.4, -0.2) is 11.6 Å². The molecule has 3 nitrogen and oxygen atoms in total. The van der Waals surface area contributed by atoms with Crippen molar-refractivity contribution in [3.05, 3.63) is 71.8 Å². The van der Waals surface area contributed by atoms with Crippen LogP contribution in [0.5, 0.6) is 0 Å². The van der Waals surface area contributed by atoms with Gasteiger partial charge in [-0.25, -0.2) is 5.43 Å². The Bertz CT molecular complexity index is 591. The van der Waals surface area contributed by atoms with Gasteiger partial charge < -0.3 is 0 Å². The van der Waals surface area contributed by atoms with E-state index in [1.165, 1.54) is 5.56 Å². The highest BCUT2D eigenvalue weighted by molar-refractivity contribution is 5.85. The van der Waals surface area contributed by atoms with Gasteiger partial charge in [0.1, 0.15) is 0 Å². The molecule has 1 N–H and O–H groups in total. The lowest BCUT2D eigenvalue weighted by molar-refractivity contribution is -0.120. The molecule has 1 amide bonds. The van der Waals surface area contributed by atoms with Crippen LogP contribution < -0.4 is 5.43 Å². The minimum atomic E-state index is -0.0831. The van der Waals surface area contributed by atoms with E-state index in [4.69, 9.17) is 0 Å². The van der Waals surface area contributed by atoms with E-state index in [1.54, 1.807) is 0 Å². The van der Waals surface area contributed by atoms with Crippen LogP contribution in [0.25, 0.3) is 0 Å². The van der Waals surface area contributed by atoms with E-state index in [2.05, 4.69) is 22.7 Å². The Morgan fingerprint density at radius 3 is 2.14 bits per heavy atom. The van der Waals surface area contributed by atoms with E-state index in [0.29, 0.717) is 6.42 Å². The van der Waals surface area contributed by atoms with Crippen LogP contribution in [0.4, 0.5) is 0 Å². The number of hydrogen-bond acceptors (Lipinski definition) is 2. The molecule has 0 spiro atoms. The van der Waals surface area contributed by atoms with Gasteiger partial charge in [-0.3, -0.25) is 4.79 Å². The minimum Gasteiger partial charge on any atom is -0.273 e. The number of carbonyl (C=O) groups is 1. The molecule has 2 aromatic rings. The average molecular weight is 280 g/mol. The monoisotopic (exact) mass is 280 g/mol. The van der Waals surface area contributed by atoms with E-state index in [1.807, 2.05) is 55.5 Å². The Labute approximate surface area is 125 Å². The van der Waals surface area contributed by atoms with E-state index in [9.17, 15) is 4.79 Å². The van der Waals surface area contributed by atoms with Crippen LogP contribution in [-0.2, 0) is 17.6 Å². The van der Waals surface area contributed by atoms with Crippen LogP contribution in [0.2, 0.25) is 0 Å². The summed E-state index contributed by atoms with van der Waals surface area (Å²) in [5, 5.41) is 4.15. The lowest BCUT2D eigenvalue weighted by Gasteiger charge is -2.03. The summed E-state index contributed by atoms with van der Waals surface area (Å²) in [6.07, 6.45) is 2.14. The van der Waals surface area contributed by atoms with Crippen molar-refractivity contribution >= 4 is 11.6 Å². The number of hydrazone groups is 1. The third kappa shape index (κ3) is 5.61. The van der Waals surface area contributed by atoms with E-state index in [0.717, 1.165) is 24.1 Å². The summed E-state index contributed by atoms with van der Waals surface area (Å²) >= 11 is 0. The maximum absolute atomic E-state index is 11.8. The summed E-state index contributed by atoms with van der Waals surface area (Å²) in [7, 11) is 0. The SMILES string of the molecule is C/C(CCc1ccccc1)=N/NC(=O)Cc1ccccc1. The summed E-state index contributed by atoms with van der Waals surface area (Å²) in [5.41, 5.74) is 5.82. The number of nitrogens with one attached hydrogen (secondary N) is 1. The molecular formula is C18H20N2O. The molecule has 0 saturated carbocycles. The molecule has 108 valence electrons. The molecule has 21 heavy (non-hydrogen) atoms. The molecule has 0 unspecified atom stereocenters. The predicted octanol–water partition coefficient (Wildman–Crippen LogP) is 3.35. The second kappa shape index (κ2) is 8.00. The molecule has 3 heteroatoms. The first-order chi connectivity index (χ1) is 10.2. The number of hydrogen-bond donors (Lipinski definition) is 1. The van der Waals surface area contributed by atoms with Gasteiger partial charge in [0.15, 0.2) is 0 Å². The third-order valence-electron chi connectivity index (χ3n) is 3.20. The van der Waals surface area contributed by atoms with Crippen molar-refractivity contribution in [3.8, 4) is 0 Å². The van der Waals surface area contributed by atoms with Crippen molar-refractivity contribution in [3.63, 3.8) is 0 Å². The van der Waals surface area contributed by atoms with Crippen molar-refractivity contribution in [2.24, 2.45) is 5.10 Å². The van der Waals surface area contributed by atoms with Gasteiger partial charge in [-0.1, -0.05) is 60.7 Å². The van der Waals surface area contributed by atoms with Crippen molar-refractivity contribution in [2.75, 3.05) is 0 Å². The molecule has 0 aliphatic carbocycles. The smallest absolute Gasteiger partial charge is 0.244 e. The van der Waals surface area contributed by atoms with E-state index < -0.39 is 0 Å². The number of aryl methyl sites for hydroxylation is 1. The van der Waals surface area contributed by atoms with Gasteiger partial charge in [-0.15, -0.1) is 0 Å². The summed E-state index contributed by atoms with van der Waals surface area (Å²) in [4.78, 5) is 11.8. The van der Waals surface area contributed by atoms with Crippen molar-refractivity contribution in [1.82, 2.24) is 5.43 Å². The van der Waals surface area contributed by atoms with Gasteiger partial charge in [0.05, 0.1) is 6.42 Å². The van der Waals surface area contributed by atoms with Crippen molar-refractivity contribution in [2.45, 2.75) is 26.2 Å². The second-order valence-electron chi connectivity index (χ2n) is 5.03. The number of nitrogens with zero attached hydrogens (tertiary/aromatic N) is 1. The summed E-state index contributed by atoms with van der Waals surface area (Å²) in [6, 6.07) is 19.9. The summed E-state index contributed by atoms with van der Waals surface area (Å²) in [6.45, 7) is 1.94. The Hall–Kier alpha value is -2.42. The maximum Gasteiger partial charge on any atom is 0.244 e. The van der Waals surface area contributed by atoms with Crippen LogP contribution in [0, 0.1) is 0 Å². The average Bonchev–Trinajstić information content (AvgIpc) is 2.53. The number of carbonyl (C=O) groups excluding carboxylic acids is 1. The molecular weight excluding hydrogens is 260 g/mol. The zero-order valence-corrected chi connectivity index (χ0v) is 12.3. The van der Waals surface area contributed by atoms with Crippen molar-refractivity contribution < 1.29 is 4.79 Å². The standard InChI is InChI=1S/C18H20N2O/c1-15(12-13-16-8-4-2-5-9-16)19-20-18(21)14-17-10-6-3-7-11-17/h2-11H,12-14H2,1H3,(H,20,21)/b19-15-. The van der Waals surface area contributed by atoms with Gasteiger partial charge in [0, 0.05) is 5.71 Å². The topological polar surface area (TPSA) is 41.5 Å². The largest absolute Gasteiger partial charge is 0.273 e. The van der Waals surface area contributed by atoms with Crippen LogP contribution in [0.3, 0.4) is 0 Å². The Morgan fingerprint density at radius 2 is 1.52 bits per heavy atom. The van der Waals surface area contributed by atoms with Crippen molar-refractivity contribution in [1.29, 1.82) is 0 Å². The lowest BCUT2D eigenvalue weighted by atomic mass is 10.1. The molecule has 2 aromatic carbocycles. The van der Waals surface area contributed by atoms with Gasteiger partial charge >= 0.3 is 0 Å². The van der Waals surface area contributed by atoms with E-state index in [-0.39, 0.29) is 5.91 Å². The molecule has 2 rings (SSSR count). The highest BCUT2D eigenvalue weighted by Gasteiger charge is 2.02. The number of benzene rings is 2. The first kappa shape index (κ1) is 15.0. The normalized spacial score (nSPS) is 11.2.